The molecule has 47 heavy (non-hydrogen) atoms. The third kappa shape index (κ3) is 7.89. The minimum absolute atomic E-state index is 0. The van der Waals surface area contributed by atoms with Gasteiger partial charge in [-0.1, -0.05) is 48.5 Å². The number of benzene rings is 3. The lowest BCUT2D eigenvalue weighted by atomic mass is 9.68. The second-order valence-electron chi connectivity index (χ2n) is 11.2. The van der Waals surface area contributed by atoms with E-state index in [1.807, 2.05) is 18.2 Å². The summed E-state index contributed by atoms with van der Waals surface area (Å²) in [5.41, 5.74) is 2.28. The van der Waals surface area contributed by atoms with Crippen LogP contribution in [-0.4, -0.2) is 67.1 Å². The van der Waals surface area contributed by atoms with Gasteiger partial charge in [-0.25, -0.2) is 28.1 Å². The molecule has 2 aliphatic heterocycles. The monoisotopic (exact) mass is 686 g/mol. The van der Waals surface area contributed by atoms with E-state index in [0.29, 0.717) is 18.9 Å². The van der Waals surface area contributed by atoms with Crippen LogP contribution in [0.4, 0.5) is 18.4 Å². The summed E-state index contributed by atoms with van der Waals surface area (Å²) in [6, 6.07) is 18.7. The molecule has 2 heterocycles. The Balaban J connectivity index is 0.00000500. The number of carbonyl (C=O) groups excluding carboxylic acids is 3. The standard InChI is InChI=1S/C34H36F2N4O5S.ClH/c1-44-31(41)27-21-38-33(43)40(30(27)23-8-13-28(35)29(36)20-23)32(42)37-16-5-17-39-18-14-34(15-19-39,24-6-3-2-4-7-24)25-9-11-26(12-10-25)45-22-46;/h2-4,6-13,20-21,30,46H,5,14-19,22H2,1H3,(H,37,42)(H,38,43);1H. The van der Waals surface area contributed by atoms with Crippen LogP contribution in [0.2, 0.25) is 0 Å². The Morgan fingerprint density at radius 2 is 1.68 bits per heavy atom. The van der Waals surface area contributed by atoms with Crippen LogP contribution in [0.3, 0.4) is 0 Å². The van der Waals surface area contributed by atoms with Crippen molar-refractivity contribution in [1.29, 1.82) is 0 Å². The van der Waals surface area contributed by atoms with Crippen LogP contribution < -0.4 is 15.4 Å². The Kier molecular flexibility index (Phi) is 12.3. The van der Waals surface area contributed by atoms with Crippen molar-refractivity contribution in [1.82, 2.24) is 20.4 Å². The van der Waals surface area contributed by atoms with Crippen molar-refractivity contribution in [2.24, 2.45) is 0 Å². The molecule has 3 aromatic carbocycles. The molecule has 0 bridgehead atoms. The molecule has 1 unspecified atom stereocenters. The molecule has 3 aromatic rings. The molecule has 1 saturated heterocycles. The molecule has 2 aliphatic rings. The van der Waals surface area contributed by atoms with Gasteiger partial charge in [-0.15, -0.1) is 25.0 Å². The Morgan fingerprint density at radius 1 is 1.00 bits per heavy atom. The summed E-state index contributed by atoms with van der Waals surface area (Å²) in [5.74, 6) is -2.02. The summed E-state index contributed by atoms with van der Waals surface area (Å²) >= 11 is 4.15. The number of carbonyl (C=O) groups is 3. The number of thiol groups is 1. The van der Waals surface area contributed by atoms with Gasteiger partial charge in [0, 0.05) is 18.2 Å². The van der Waals surface area contributed by atoms with Gasteiger partial charge in [-0.05, 0) is 79.9 Å². The van der Waals surface area contributed by atoms with Crippen LogP contribution in [0.1, 0.15) is 42.0 Å². The minimum atomic E-state index is -1.32. The average Bonchev–Trinajstić information content (AvgIpc) is 3.08. The van der Waals surface area contributed by atoms with Gasteiger partial charge in [0.05, 0.1) is 12.7 Å². The number of nitrogens with one attached hydrogen (secondary N) is 2. The van der Waals surface area contributed by atoms with Gasteiger partial charge >= 0.3 is 18.0 Å². The molecule has 0 aliphatic carbocycles. The molecule has 0 radical (unpaired) electrons. The zero-order valence-electron chi connectivity index (χ0n) is 25.8. The fourth-order valence-corrected chi connectivity index (χ4v) is 6.39. The summed E-state index contributed by atoms with van der Waals surface area (Å²) in [6.07, 6.45) is 3.52. The van der Waals surface area contributed by atoms with Gasteiger partial charge in [0.15, 0.2) is 11.6 Å². The van der Waals surface area contributed by atoms with E-state index in [9.17, 15) is 23.2 Å². The predicted molar refractivity (Wildman–Crippen MR) is 179 cm³/mol. The van der Waals surface area contributed by atoms with Gasteiger partial charge in [0.1, 0.15) is 17.7 Å². The van der Waals surface area contributed by atoms with Crippen molar-refractivity contribution in [3.63, 3.8) is 0 Å². The molecule has 4 amide bonds. The lowest BCUT2D eigenvalue weighted by Crippen LogP contribution is -2.53. The second kappa shape index (κ2) is 16.1. The van der Waals surface area contributed by atoms with E-state index in [-0.39, 0.29) is 35.5 Å². The highest BCUT2D eigenvalue weighted by Crippen LogP contribution is 2.42. The number of imide groups is 1. The average molecular weight is 687 g/mol. The zero-order valence-corrected chi connectivity index (χ0v) is 27.5. The van der Waals surface area contributed by atoms with E-state index in [2.05, 4.69) is 64.6 Å². The van der Waals surface area contributed by atoms with E-state index < -0.39 is 35.7 Å². The number of likely N-dealkylation sites (tertiary alicyclic amines) is 1. The van der Waals surface area contributed by atoms with E-state index in [4.69, 9.17) is 9.47 Å². The SMILES string of the molecule is COC(=O)C1=CNC(=O)N(C(=O)NCCCN2CCC(c3ccccc3)(c3ccc(OCS)cc3)CC2)C1c1ccc(F)c(F)c1.Cl. The lowest BCUT2D eigenvalue weighted by Gasteiger charge is -2.43. The number of nitrogens with zero attached hydrogens (tertiary/aromatic N) is 2. The number of hydrogen-bond acceptors (Lipinski definition) is 7. The first kappa shape index (κ1) is 35.7. The molecule has 13 heteroatoms. The van der Waals surface area contributed by atoms with Crippen LogP contribution in [0.25, 0.3) is 0 Å². The van der Waals surface area contributed by atoms with Gasteiger partial charge in [-0.2, -0.15) is 0 Å². The van der Waals surface area contributed by atoms with Gasteiger partial charge < -0.3 is 25.0 Å². The summed E-state index contributed by atoms with van der Waals surface area (Å²) < 4.78 is 38.1. The molecule has 0 aromatic heterocycles. The van der Waals surface area contributed by atoms with E-state index in [0.717, 1.165) is 62.0 Å². The van der Waals surface area contributed by atoms with Crippen molar-refractivity contribution >= 4 is 43.1 Å². The number of ether oxygens (including phenoxy) is 2. The fraction of sp³-hybridized carbons (Fsp3) is 0.324. The molecular formula is C34H37ClF2N4O5S. The smallest absolute Gasteiger partial charge is 0.337 e. The van der Waals surface area contributed by atoms with Crippen molar-refractivity contribution < 1.29 is 32.6 Å². The van der Waals surface area contributed by atoms with Gasteiger partial charge in [0.25, 0.3) is 0 Å². The Labute approximate surface area is 284 Å². The highest BCUT2D eigenvalue weighted by molar-refractivity contribution is 7.80. The summed E-state index contributed by atoms with van der Waals surface area (Å²) in [4.78, 5) is 41.7. The molecule has 2 N–H and O–H groups in total. The molecular weight excluding hydrogens is 650 g/mol. The fourth-order valence-electron chi connectivity index (χ4n) is 6.24. The quantitative estimate of drug-likeness (QED) is 0.105. The molecule has 1 atom stereocenters. The summed E-state index contributed by atoms with van der Waals surface area (Å²) in [7, 11) is 1.15. The maximum absolute atomic E-state index is 14.1. The van der Waals surface area contributed by atoms with Gasteiger partial charge in [0.2, 0.25) is 0 Å². The highest BCUT2D eigenvalue weighted by atomic mass is 35.5. The number of methoxy groups -OCH3 is 1. The highest BCUT2D eigenvalue weighted by Gasteiger charge is 2.40. The first-order chi connectivity index (χ1) is 22.3. The number of halogens is 3. The zero-order chi connectivity index (χ0) is 32.7. The third-order valence-electron chi connectivity index (χ3n) is 8.62. The van der Waals surface area contributed by atoms with E-state index in [1.165, 1.54) is 17.2 Å². The predicted octanol–water partition coefficient (Wildman–Crippen LogP) is 5.96. The number of urea groups is 2. The minimum Gasteiger partial charge on any atom is -0.483 e. The first-order valence-corrected chi connectivity index (χ1v) is 15.6. The topological polar surface area (TPSA) is 100 Å². The van der Waals surface area contributed by atoms with Gasteiger partial charge in [-0.3, -0.25) is 0 Å². The maximum atomic E-state index is 14.1. The largest absolute Gasteiger partial charge is 0.483 e. The number of amides is 4. The Hall–Kier alpha value is -4.13. The molecule has 250 valence electrons. The molecule has 0 spiro atoms. The van der Waals surface area contributed by atoms with Crippen LogP contribution in [0.15, 0.2) is 84.6 Å². The molecule has 0 saturated carbocycles. The van der Waals surface area contributed by atoms with E-state index in [1.54, 1.807) is 0 Å². The van der Waals surface area contributed by atoms with Crippen molar-refractivity contribution in [3.8, 4) is 5.75 Å². The molecule has 9 nitrogen and oxygen atoms in total. The second-order valence-corrected chi connectivity index (χ2v) is 11.4. The summed E-state index contributed by atoms with van der Waals surface area (Å²) in [5, 5.41) is 5.11. The molecule has 1 fully saturated rings. The van der Waals surface area contributed by atoms with Crippen molar-refractivity contribution in [2.75, 3.05) is 39.2 Å². The first-order valence-electron chi connectivity index (χ1n) is 15.0. The van der Waals surface area contributed by atoms with Crippen molar-refractivity contribution in [3.05, 3.63) is 113 Å². The Morgan fingerprint density at radius 3 is 2.32 bits per heavy atom. The van der Waals surface area contributed by atoms with Crippen LogP contribution in [0.5, 0.6) is 5.75 Å². The third-order valence-corrected chi connectivity index (χ3v) is 8.75. The van der Waals surface area contributed by atoms with E-state index >= 15 is 0 Å². The lowest BCUT2D eigenvalue weighted by molar-refractivity contribution is -0.136. The number of esters is 1. The normalized spacial score (nSPS) is 17.5. The van der Waals surface area contributed by atoms with Crippen LogP contribution in [0, 0.1) is 11.6 Å². The maximum Gasteiger partial charge on any atom is 0.337 e. The number of hydrogen-bond donors (Lipinski definition) is 3. The molecule has 5 rings (SSSR count). The summed E-state index contributed by atoms with van der Waals surface area (Å²) in [6.45, 7) is 2.65. The number of piperidine rings is 1. The number of rotatable bonds is 10. The van der Waals surface area contributed by atoms with Crippen LogP contribution >= 0.6 is 25.0 Å². The Bertz CT molecular complexity index is 1590. The van der Waals surface area contributed by atoms with Crippen molar-refractivity contribution in [2.45, 2.75) is 30.7 Å². The van der Waals surface area contributed by atoms with Crippen LogP contribution in [-0.2, 0) is 14.9 Å².